The number of rotatable bonds is 6. The minimum absolute atomic E-state index is 0.171. The number of benzene rings is 2. The molecule has 0 spiro atoms. The lowest BCUT2D eigenvalue weighted by atomic mass is 10.1. The van der Waals surface area contributed by atoms with E-state index >= 15 is 0 Å². The Morgan fingerprint density at radius 3 is 2.52 bits per heavy atom. The van der Waals surface area contributed by atoms with Gasteiger partial charge in [-0.3, -0.25) is 0 Å². The van der Waals surface area contributed by atoms with Crippen LogP contribution in [0.4, 0.5) is 4.39 Å². The highest BCUT2D eigenvalue weighted by molar-refractivity contribution is 7.98. The van der Waals surface area contributed by atoms with Crippen molar-refractivity contribution < 1.29 is 19.0 Å². The van der Waals surface area contributed by atoms with Crippen LogP contribution in [-0.4, -0.2) is 18.2 Å². The zero-order chi connectivity index (χ0) is 15.2. The minimum atomic E-state index is -1.01. The van der Waals surface area contributed by atoms with E-state index in [9.17, 15) is 9.18 Å². The monoisotopic (exact) mass is 306 g/mol. The molecule has 5 heteroatoms. The molecule has 0 atom stereocenters. The number of hydrogen-bond acceptors (Lipinski definition) is 3. The first-order valence-electron chi connectivity index (χ1n) is 6.32. The standard InChI is InChI=1S/C16H15FO3S/c1-20-14-6-2-11(3-7-14)10-21-15-8-12(16(18)19)4-5-13(15)9-17/h2-8H,9-10H2,1H3,(H,18,19). The SMILES string of the molecule is COc1ccc(CSc2cc(C(=O)O)ccc2CF)cc1. The molecule has 2 aromatic carbocycles. The molecule has 0 aliphatic rings. The van der Waals surface area contributed by atoms with Crippen molar-refractivity contribution in [2.45, 2.75) is 17.3 Å². The molecule has 21 heavy (non-hydrogen) atoms. The fourth-order valence-electron chi connectivity index (χ4n) is 1.82. The van der Waals surface area contributed by atoms with Crippen molar-refractivity contribution in [1.29, 1.82) is 0 Å². The molecular formula is C16H15FO3S. The number of thioether (sulfide) groups is 1. The summed E-state index contributed by atoms with van der Waals surface area (Å²) in [6, 6.07) is 12.1. The van der Waals surface area contributed by atoms with Gasteiger partial charge in [-0.05, 0) is 35.4 Å². The van der Waals surface area contributed by atoms with Gasteiger partial charge in [-0.2, -0.15) is 0 Å². The average Bonchev–Trinajstić information content (AvgIpc) is 2.53. The fraction of sp³-hybridized carbons (Fsp3) is 0.188. The molecule has 0 aliphatic carbocycles. The van der Waals surface area contributed by atoms with Crippen LogP contribution in [0.2, 0.25) is 0 Å². The van der Waals surface area contributed by atoms with Crippen LogP contribution in [0.1, 0.15) is 21.5 Å². The van der Waals surface area contributed by atoms with Crippen LogP contribution < -0.4 is 4.74 Å². The summed E-state index contributed by atoms with van der Waals surface area (Å²) in [7, 11) is 1.61. The van der Waals surface area contributed by atoms with Gasteiger partial charge in [0.05, 0.1) is 12.7 Å². The zero-order valence-corrected chi connectivity index (χ0v) is 12.3. The highest BCUT2D eigenvalue weighted by atomic mass is 32.2. The Labute approximate surface area is 126 Å². The van der Waals surface area contributed by atoms with Crippen molar-refractivity contribution in [1.82, 2.24) is 0 Å². The van der Waals surface area contributed by atoms with Crippen molar-refractivity contribution >= 4 is 17.7 Å². The summed E-state index contributed by atoms with van der Waals surface area (Å²) in [5.74, 6) is 0.410. The molecule has 0 heterocycles. The topological polar surface area (TPSA) is 46.5 Å². The van der Waals surface area contributed by atoms with Gasteiger partial charge in [0.2, 0.25) is 0 Å². The Kier molecular flexibility index (Phi) is 5.22. The van der Waals surface area contributed by atoms with Crippen molar-refractivity contribution in [3.8, 4) is 5.75 Å². The number of hydrogen-bond donors (Lipinski definition) is 1. The van der Waals surface area contributed by atoms with Gasteiger partial charge in [0.25, 0.3) is 0 Å². The van der Waals surface area contributed by atoms with Crippen LogP contribution in [-0.2, 0) is 12.4 Å². The number of halogens is 1. The largest absolute Gasteiger partial charge is 0.497 e. The van der Waals surface area contributed by atoms with E-state index in [1.54, 1.807) is 7.11 Å². The summed E-state index contributed by atoms with van der Waals surface area (Å²) in [6.07, 6.45) is 0. The summed E-state index contributed by atoms with van der Waals surface area (Å²) in [4.78, 5) is 11.6. The molecule has 0 bridgehead atoms. The van der Waals surface area contributed by atoms with Crippen LogP contribution in [0.5, 0.6) is 5.75 Å². The Morgan fingerprint density at radius 2 is 1.95 bits per heavy atom. The van der Waals surface area contributed by atoms with Gasteiger partial charge in [0.15, 0.2) is 0 Å². The number of alkyl halides is 1. The normalized spacial score (nSPS) is 10.4. The average molecular weight is 306 g/mol. The van der Waals surface area contributed by atoms with Gasteiger partial charge in [-0.25, -0.2) is 9.18 Å². The van der Waals surface area contributed by atoms with E-state index in [-0.39, 0.29) is 5.56 Å². The molecule has 0 aromatic heterocycles. The molecule has 0 amide bonds. The molecule has 110 valence electrons. The van der Waals surface area contributed by atoms with Crippen LogP contribution >= 0.6 is 11.8 Å². The Hall–Kier alpha value is -2.01. The number of methoxy groups -OCH3 is 1. The first-order chi connectivity index (χ1) is 10.1. The van der Waals surface area contributed by atoms with Crippen molar-refractivity contribution in [3.63, 3.8) is 0 Å². The van der Waals surface area contributed by atoms with Crippen LogP contribution in [0.15, 0.2) is 47.4 Å². The quantitative estimate of drug-likeness (QED) is 0.814. The molecule has 0 saturated heterocycles. The zero-order valence-electron chi connectivity index (χ0n) is 11.5. The molecule has 0 saturated carbocycles. The van der Waals surface area contributed by atoms with E-state index < -0.39 is 12.6 Å². The third kappa shape index (κ3) is 3.98. The number of carboxylic acid groups (broad SMARTS) is 1. The van der Waals surface area contributed by atoms with E-state index in [0.717, 1.165) is 11.3 Å². The summed E-state index contributed by atoms with van der Waals surface area (Å²) in [5, 5.41) is 9.00. The first kappa shape index (κ1) is 15.4. The highest BCUT2D eigenvalue weighted by Gasteiger charge is 2.09. The highest BCUT2D eigenvalue weighted by Crippen LogP contribution is 2.28. The van der Waals surface area contributed by atoms with E-state index in [1.165, 1.54) is 30.0 Å². The maximum Gasteiger partial charge on any atom is 0.335 e. The molecule has 0 radical (unpaired) electrons. The van der Waals surface area contributed by atoms with Crippen molar-refractivity contribution in [2.24, 2.45) is 0 Å². The number of aromatic carboxylic acids is 1. The maximum atomic E-state index is 13.0. The third-order valence-corrected chi connectivity index (χ3v) is 4.18. The van der Waals surface area contributed by atoms with E-state index in [0.29, 0.717) is 16.2 Å². The molecule has 0 unspecified atom stereocenters. The van der Waals surface area contributed by atoms with Crippen LogP contribution in [0.3, 0.4) is 0 Å². The maximum absolute atomic E-state index is 13.0. The van der Waals surface area contributed by atoms with E-state index in [4.69, 9.17) is 9.84 Å². The molecule has 0 aliphatic heterocycles. The lowest BCUT2D eigenvalue weighted by Crippen LogP contribution is -1.98. The smallest absolute Gasteiger partial charge is 0.335 e. The van der Waals surface area contributed by atoms with Crippen molar-refractivity contribution in [2.75, 3.05) is 7.11 Å². The number of ether oxygens (including phenoxy) is 1. The van der Waals surface area contributed by atoms with Crippen molar-refractivity contribution in [3.05, 3.63) is 59.2 Å². The molecule has 2 aromatic rings. The minimum Gasteiger partial charge on any atom is -0.497 e. The van der Waals surface area contributed by atoms with E-state index in [1.807, 2.05) is 24.3 Å². The van der Waals surface area contributed by atoms with Gasteiger partial charge >= 0.3 is 5.97 Å². The Balaban J connectivity index is 2.13. The summed E-state index contributed by atoms with van der Waals surface area (Å²) in [5.41, 5.74) is 1.74. The summed E-state index contributed by atoms with van der Waals surface area (Å²) < 4.78 is 18.1. The van der Waals surface area contributed by atoms with Gasteiger partial charge in [0.1, 0.15) is 12.4 Å². The van der Waals surface area contributed by atoms with Crippen LogP contribution in [0, 0.1) is 0 Å². The first-order valence-corrected chi connectivity index (χ1v) is 7.30. The molecule has 0 fully saturated rings. The lowest BCUT2D eigenvalue weighted by molar-refractivity contribution is 0.0696. The molecule has 2 rings (SSSR count). The summed E-state index contributed by atoms with van der Waals surface area (Å²) in [6.45, 7) is -0.606. The molecule has 3 nitrogen and oxygen atoms in total. The molecule has 1 N–H and O–H groups in total. The second-order valence-electron chi connectivity index (χ2n) is 4.40. The lowest BCUT2D eigenvalue weighted by Gasteiger charge is -2.08. The van der Waals surface area contributed by atoms with Gasteiger partial charge in [0, 0.05) is 10.6 Å². The van der Waals surface area contributed by atoms with Gasteiger partial charge < -0.3 is 9.84 Å². The van der Waals surface area contributed by atoms with Crippen LogP contribution in [0.25, 0.3) is 0 Å². The Morgan fingerprint density at radius 1 is 1.24 bits per heavy atom. The predicted molar refractivity (Wildman–Crippen MR) is 80.8 cm³/mol. The second-order valence-corrected chi connectivity index (χ2v) is 5.42. The van der Waals surface area contributed by atoms with E-state index in [2.05, 4.69) is 0 Å². The Bertz CT molecular complexity index is 626. The van der Waals surface area contributed by atoms with Gasteiger partial charge in [-0.15, -0.1) is 11.8 Å². The van der Waals surface area contributed by atoms with Gasteiger partial charge in [-0.1, -0.05) is 18.2 Å². The third-order valence-electron chi connectivity index (χ3n) is 3.01. The number of carbonyl (C=O) groups is 1. The fourth-order valence-corrected chi connectivity index (χ4v) is 2.85. The number of carboxylic acids is 1. The molecular weight excluding hydrogens is 291 g/mol. The second kappa shape index (κ2) is 7.13. The predicted octanol–water partition coefficient (Wildman–Crippen LogP) is 4.16. The summed E-state index contributed by atoms with van der Waals surface area (Å²) >= 11 is 1.43.